The van der Waals surface area contributed by atoms with E-state index in [1.54, 1.807) is 7.05 Å². The molecular formula is C11H25ClN2O2S. The van der Waals surface area contributed by atoms with Gasteiger partial charge >= 0.3 is 0 Å². The highest BCUT2D eigenvalue weighted by atomic mass is 35.5. The zero-order chi connectivity index (χ0) is 12.3. The first-order chi connectivity index (χ1) is 7.38. The Hall–Kier alpha value is 0.160. The smallest absolute Gasteiger partial charge is 0.214 e. The van der Waals surface area contributed by atoms with Crippen molar-refractivity contribution in [1.82, 2.24) is 4.31 Å². The van der Waals surface area contributed by atoms with E-state index in [1.165, 1.54) is 4.31 Å². The van der Waals surface area contributed by atoms with Gasteiger partial charge in [0.1, 0.15) is 0 Å². The second kappa shape index (κ2) is 6.92. The topological polar surface area (TPSA) is 63.4 Å². The monoisotopic (exact) mass is 284 g/mol. The molecule has 1 unspecified atom stereocenters. The molecule has 17 heavy (non-hydrogen) atoms. The summed E-state index contributed by atoms with van der Waals surface area (Å²) in [6, 6.07) is 0.0113. The third kappa shape index (κ3) is 5.12. The summed E-state index contributed by atoms with van der Waals surface area (Å²) in [4.78, 5) is 0. The Balaban J connectivity index is 0.00000256. The van der Waals surface area contributed by atoms with Gasteiger partial charge in [0, 0.05) is 19.6 Å². The average molecular weight is 285 g/mol. The van der Waals surface area contributed by atoms with Crippen LogP contribution in [0.4, 0.5) is 0 Å². The molecule has 0 aromatic heterocycles. The van der Waals surface area contributed by atoms with Crippen LogP contribution >= 0.6 is 12.4 Å². The van der Waals surface area contributed by atoms with Crippen molar-refractivity contribution >= 4 is 22.4 Å². The van der Waals surface area contributed by atoms with Gasteiger partial charge in [-0.3, -0.25) is 0 Å². The van der Waals surface area contributed by atoms with E-state index in [4.69, 9.17) is 5.73 Å². The molecule has 6 heteroatoms. The van der Waals surface area contributed by atoms with Crippen molar-refractivity contribution in [1.29, 1.82) is 0 Å². The molecule has 1 aliphatic rings. The Bertz CT molecular complexity index is 315. The van der Waals surface area contributed by atoms with E-state index in [2.05, 4.69) is 0 Å². The Labute approximate surface area is 111 Å². The van der Waals surface area contributed by atoms with Crippen molar-refractivity contribution in [3.05, 3.63) is 0 Å². The van der Waals surface area contributed by atoms with Gasteiger partial charge in [-0.15, -0.1) is 12.4 Å². The van der Waals surface area contributed by atoms with E-state index in [0.29, 0.717) is 24.8 Å². The van der Waals surface area contributed by atoms with Crippen LogP contribution in [0.15, 0.2) is 0 Å². The zero-order valence-corrected chi connectivity index (χ0v) is 12.6. The van der Waals surface area contributed by atoms with Gasteiger partial charge < -0.3 is 5.73 Å². The summed E-state index contributed by atoms with van der Waals surface area (Å²) >= 11 is 0. The minimum atomic E-state index is -3.12. The number of hydrogen-bond acceptors (Lipinski definition) is 3. The second-order valence-electron chi connectivity index (χ2n) is 5.16. The molecule has 0 radical (unpaired) electrons. The van der Waals surface area contributed by atoms with Crippen molar-refractivity contribution in [2.24, 2.45) is 17.6 Å². The van der Waals surface area contributed by atoms with Gasteiger partial charge in [0.2, 0.25) is 10.0 Å². The molecule has 0 bridgehead atoms. The Morgan fingerprint density at radius 1 is 1.35 bits per heavy atom. The van der Waals surface area contributed by atoms with E-state index in [1.807, 2.05) is 13.8 Å². The highest BCUT2D eigenvalue weighted by molar-refractivity contribution is 7.89. The highest BCUT2D eigenvalue weighted by Crippen LogP contribution is 2.35. The largest absolute Gasteiger partial charge is 0.329 e. The average Bonchev–Trinajstić information content (AvgIpc) is 3.00. The summed E-state index contributed by atoms with van der Waals surface area (Å²) < 4.78 is 25.6. The van der Waals surface area contributed by atoms with E-state index >= 15 is 0 Å². The SMILES string of the molecule is CC(C)CCS(=O)(=O)N(C)C(CN)C1CC1.Cl. The number of nitrogens with two attached hydrogens (primary N) is 1. The van der Waals surface area contributed by atoms with E-state index in [-0.39, 0.29) is 24.2 Å². The summed E-state index contributed by atoms with van der Waals surface area (Å²) in [5, 5.41) is 0. The molecule has 0 spiro atoms. The molecule has 104 valence electrons. The molecule has 0 amide bonds. The quantitative estimate of drug-likeness (QED) is 0.770. The Kier molecular flexibility index (Phi) is 6.99. The van der Waals surface area contributed by atoms with Crippen LogP contribution in [0.5, 0.6) is 0 Å². The van der Waals surface area contributed by atoms with Gasteiger partial charge in [-0.25, -0.2) is 12.7 Å². The fourth-order valence-corrected chi connectivity index (χ4v) is 3.58. The molecule has 2 N–H and O–H groups in total. The number of sulfonamides is 1. The number of hydrogen-bond donors (Lipinski definition) is 1. The van der Waals surface area contributed by atoms with Gasteiger partial charge in [-0.2, -0.15) is 0 Å². The summed E-state index contributed by atoms with van der Waals surface area (Å²) in [5.74, 6) is 1.15. The maximum atomic E-state index is 12.0. The standard InChI is InChI=1S/C11H24N2O2S.ClH/c1-9(2)6-7-16(14,15)13(3)11(8-12)10-4-5-10;/h9-11H,4-8,12H2,1-3H3;1H. The predicted molar refractivity (Wildman–Crippen MR) is 73.8 cm³/mol. The third-order valence-electron chi connectivity index (χ3n) is 3.27. The fourth-order valence-electron chi connectivity index (χ4n) is 1.85. The lowest BCUT2D eigenvalue weighted by Crippen LogP contribution is -2.44. The van der Waals surface area contributed by atoms with Crippen molar-refractivity contribution in [3.63, 3.8) is 0 Å². The van der Waals surface area contributed by atoms with Crippen LogP contribution in [0.2, 0.25) is 0 Å². The Morgan fingerprint density at radius 2 is 1.88 bits per heavy atom. The number of rotatable bonds is 7. The molecule has 1 aliphatic carbocycles. The summed E-state index contributed by atoms with van der Waals surface area (Å²) in [6.45, 7) is 4.51. The van der Waals surface area contributed by atoms with Crippen LogP contribution in [-0.4, -0.2) is 38.1 Å². The summed E-state index contributed by atoms with van der Waals surface area (Å²) in [5.41, 5.74) is 5.66. The first kappa shape index (κ1) is 17.2. The molecule has 1 fully saturated rings. The summed E-state index contributed by atoms with van der Waals surface area (Å²) in [7, 11) is -1.45. The molecule has 1 atom stereocenters. The highest BCUT2D eigenvalue weighted by Gasteiger charge is 2.37. The van der Waals surface area contributed by atoms with Gasteiger partial charge in [0.25, 0.3) is 0 Å². The molecule has 1 saturated carbocycles. The van der Waals surface area contributed by atoms with Crippen molar-refractivity contribution in [3.8, 4) is 0 Å². The third-order valence-corrected chi connectivity index (χ3v) is 5.17. The molecule has 0 aliphatic heterocycles. The number of likely N-dealkylation sites (N-methyl/N-ethyl adjacent to an activating group) is 1. The number of halogens is 1. The lowest BCUT2D eigenvalue weighted by Gasteiger charge is -2.26. The van der Waals surface area contributed by atoms with Gasteiger partial charge in [-0.1, -0.05) is 13.8 Å². The minimum Gasteiger partial charge on any atom is -0.329 e. The van der Waals surface area contributed by atoms with E-state index in [0.717, 1.165) is 12.8 Å². The van der Waals surface area contributed by atoms with Gasteiger partial charge in [0.05, 0.1) is 5.75 Å². The van der Waals surface area contributed by atoms with Crippen molar-refractivity contribution < 1.29 is 8.42 Å². The predicted octanol–water partition coefficient (Wildman–Crippen LogP) is 1.45. The molecule has 0 saturated heterocycles. The van der Waals surface area contributed by atoms with Crippen molar-refractivity contribution in [2.45, 2.75) is 39.2 Å². The van der Waals surface area contributed by atoms with Gasteiger partial charge in [-0.05, 0) is 31.1 Å². The van der Waals surface area contributed by atoms with Gasteiger partial charge in [0.15, 0.2) is 0 Å². The maximum Gasteiger partial charge on any atom is 0.214 e. The Morgan fingerprint density at radius 3 is 2.24 bits per heavy atom. The van der Waals surface area contributed by atoms with Crippen molar-refractivity contribution in [2.75, 3.05) is 19.3 Å². The fraction of sp³-hybridized carbons (Fsp3) is 1.00. The normalized spacial score (nSPS) is 18.2. The molecule has 0 aromatic carbocycles. The minimum absolute atomic E-state index is 0. The molecule has 1 rings (SSSR count). The maximum absolute atomic E-state index is 12.0. The second-order valence-corrected chi connectivity index (χ2v) is 7.30. The van der Waals surface area contributed by atoms with Crippen LogP contribution in [0.1, 0.15) is 33.1 Å². The van der Waals surface area contributed by atoms with E-state index in [9.17, 15) is 8.42 Å². The van der Waals surface area contributed by atoms with Crippen LogP contribution in [0, 0.1) is 11.8 Å². The molecule has 0 aromatic rings. The number of nitrogens with zero attached hydrogens (tertiary/aromatic N) is 1. The van der Waals surface area contributed by atoms with Crippen LogP contribution < -0.4 is 5.73 Å². The molecular weight excluding hydrogens is 260 g/mol. The van der Waals surface area contributed by atoms with Crippen LogP contribution in [0.25, 0.3) is 0 Å². The van der Waals surface area contributed by atoms with Crippen LogP contribution in [-0.2, 0) is 10.0 Å². The lowest BCUT2D eigenvalue weighted by atomic mass is 10.2. The first-order valence-electron chi connectivity index (χ1n) is 6.04. The molecule has 4 nitrogen and oxygen atoms in total. The first-order valence-corrected chi connectivity index (χ1v) is 7.65. The van der Waals surface area contributed by atoms with E-state index < -0.39 is 10.0 Å². The van der Waals surface area contributed by atoms with Crippen LogP contribution in [0.3, 0.4) is 0 Å². The molecule has 0 heterocycles. The summed E-state index contributed by atoms with van der Waals surface area (Å²) in [6.07, 6.45) is 2.95. The lowest BCUT2D eigenvalue weighted by molar-refractivity contribution is 0.339. The zero-order valence-electron chi connectivity index (χ0n) is 10.9.